The Hall–Kier alpha value is -0.630. The third-order valence-electron chi connectivity index (χ3n) is 5.75. The summed E-state index contributed by atoms with van der Waals surface area (Å²) in [6.07, 6.45) is 7.45. The maximum atomic E-state index is 13.6. The second-order valence-electron chi connectivity index (χ2n) is 6.56. The first kappa shape index (κ1) is 13.1. The fourth-order valence-electron chi connectivity index (χ4n) is 4.82. The van der Waals surface area contributed by atoms with Gasteiger partial charge in [-0.2, -0.15) is 0 Å². The first-order chi connectivity index (χ1) is 9.67. The molecule has 0 N–H and O–H groups in total. The molecule has 0 radical (unpaired) electrons. The van der Waals surface area contributed by atoms with Gasteiger partial charge in [-0.25, -0.2) is 4.67 Å². The second-order valence-corrected chi connectivity index (χ2v) is 8.96. The van der Waals surface area contributed by atoms with Crippen LogP contribution in [0.15, 0.2) is 30.3 Å². The van der Waals surface area contributed by atoms with Crippen LogP contribution in [0.3, 0.4) is 0 Å². The molecule has 1 heterocycles. The van der Waals surface area contributed by atoms with Crippen LogP contribution in [0.4, 0.5) is 0 Å². The topological polar surface area (TPSA) is 29.5 Å². The minimum Gasteiger partial charge on any atom is -0.310 e. The number of hydrogen-bond donors (Lipinski definition) is 0. The highest BCUT2D eigenvalue weighted by atomic mass is 31.2. The standard InChI is InChI=1S/C16H22NO2P/c1-17-14-9-5-11-16(14)12-6-10-15(16)19-20(17,18)13-7-3-2-4-8-13/h2-4,7-8,14-15H,5-6,9-12H2,1H3/t14-,15-,16-,20?/m1/s1. The normalized spacial score (nSPS) is 44.2. The fraction of sp³-hybridized carbons (Fsp3) is 0.625. The Labute approximate surface area is 120 Å². The van der Waals surface area contributed by atoms with Crippen molar-refractivity contribution in [3.63, 3.8) is 0 Å². The lowest BCUT2D eigenvalue weighted by molar-refractivity contribution is -0.00224. The van der Waals surface area contributed by atoms with Crippen molar-refractivity contribution in [1.29, 1.82) is 0 Å². The van der Waals surface area contributed by atoms with Crippen molar-refractivity contribution >= 4 is 12.8 Å². The summed E-state index contributed by atoms with van der Waals surface area (Å²) >= 11 is 0. The molecule has 3 fully saturated rings. The molecule has 1 aliphatic heterocycles. The minimum atomic E-state index is -2.87. The molecule has 4 atom stereocenters. The quantitative estimate of drug-likeness (QED) is 0.741. The Kier molecular flexibility index (Phi) is 2.89. The number of benzene rings is 1. The van der Waals surface area contributed by atoms with Gasteiger partial charge in [0.15, 0.2) is 0 Å². The predicted molar refractivity (Wildman–Crippen MR) is 80.2 cm³/mol. The van der Waals surface area contributed by atoms with E-state index in [1.807, 2.05) is 37.4 Å². The third kappa shape index (κ3) is 1.57. The van der Waals surface area contributed by atoms with Gasteiger partial charge in [0.2, 0.25) is 0 Å². The third-order valence-corrected chi connectivity index (χ3v) is 8.35. The van der Waals surface area contributed by atoms with Crippen molar-refractivity contribution in [2.45, 2.75) is 50.7 Å². The van der Waals surface area contributed by atoms with E-state index < -0.39 is 7.52 Å². The monoisotopic (exact) mass is 291 g/mol. The molecular weight excluding hydrogens is 269 g/mol. The first-order valence-electron chi connectivity index (χ1n) is 7.74. The van der Waals surface area contributed by atoms with Crippen LogP contribution in [0.5, 0.6) is 0 Å². The summed E-state index contributed by atoms with van der Waals surface area (Å²) in [5, 5.41) is 0.856. The molecular formula is C16H22NO2P. The SMILES string of the molecule is CN1[C@@H]2CCC[C@@]23CCC[C@H]3OP1(=O)c1ccccc1. The van der Waals surface area contributed by atoms with Gasteiger partial charge in [-0.3, -0.25) is 4.57 Å². The molecule has 3 nitrogen and oxygen atoms in total. The molecule has 1 aromatic carbocycles. The highest BCUT2D eigenvalue weighted by Gasteiger charge is 2.61. The van der Waals surface area contributed by atoms with E-state index >= 15 is 0 Å². The van der Waals surface area contributed by atoms with E-state index in [0.29, 0.717) is 6.04 Å². The summed E-state index contributed by atoms with van der Waals surface area (Å²) in [5.41, 5.74) is 0.289. The Bertz CT molecular complexity index is 557. The molecule has 3 aliphatic rings. The largest absolute Gasteiger partial charge is 0.310 e. The van der Waals surface area contributed by atoms with Crippen molar-refractivity contribution in [1.82, 2.24) is 4.67 Å². The van der Waals surface area contributed by atoms with Gasteiger partial charge in [-0.1, -0.05) is 31.0 Å². The molecule has 1 saturated heterocycles. The van der Waals surface area contributed by atoms with Crippen molar-refractivity contribution in [2.24, 2.45) is 5.41 Å². The molecule has 4 rings (SSSR count). The Balaban J connectivity index is 1.79. The van der Waals surface area contributed by atoms with Crippen LogP contribution in [0.2, 0.25) is 0 Å². The molecule has 1 spiro atoms. The zero-order chi connectivity index (χ0) is 13.8. The van der Waals surface area contributed by atoms with Gasteiger partial charge in [0.05, 0.1) is 11.4 Å². The van der Waals surface area contributed by atoms with Crippen LogP contribution in [-0.4, -0.2) is 23.9 Å². The summed E-state index contributed by atoms with van der Waals surface area (Å²) < 4.78 is 21.9. The number of nitrogens with zero attached hydrogens (tertiary/aromatic N) is 1. The molecule has 108 valence electrons. The van der Waals surface area contributed by atoms with Crippen LogP contribution in [0.25, 0.3) is 0 Å². The lowest BCUT2D eigenvalue weighted by Gasteiger charge is -2.50. The van der Waals surface area contributed by atoms with E-state index in [0.717, 1.165) is 11.7 Å². The minimum absolute atomic E-state index is 0.206. The van der Waals surface area contributed by atoms with Gasteiger partial charge >= 0.3 is 7.52 Å². The van der Waals surface area contributed by atoms with Gasteiger partial charge in [0.1, 0.15) is 0 Å². The van der Waals surface area contributed by atoms with Crippen molar-refractivity contribution in [3.8, 4) is 0 Å². The summed E-state index contributed by atoms with van der Waals surface area (Å²) in [5.74, 6) is 0. The molecule has 1 aromatic rings. The second kappa shape index (κ2) is 4.43. The van der Waals surface area contributed by atoms with E-state index in [4.69, 9.17) is 4.52 Å². The van der Waals surface area contributed by atoms with Crippen LogP contribution in [-0.2, 0) is 9.09 Å². The molecule has 2 aliphatic carbocycles. The smallest absolute Gasteiger partial charge is 0.302 e. The zero-order valence-corrected chi connectivity index (χ0v) is 12.9. The van der Waals surface area contributed by atoms with Gasteiger partial charge in [0, 0.05) is 11.5 Å². The van der Waals surface area contributed by atoms with Crippen LogP contribution < -0.4 is 5.30 Å². The van der Waals surface area contributed by atoms with Gasteiger partial charge in [-0.05, 0) is 44.9 Å². The van der Waals surface area contributed by atoms with Gasteiger partial charge in [-0.15, -0.1) is 0 Å². The highest BCUT2D eigenvalue weighted by molar-refractivity contribution is 7.64. The molecule has 1 unspecified atom stereocenters. The maximum Gasteiger partial charge on any atom is 0.302 e. The van der Waals surface area contributed by atoms with Crippen molar-refractivity contribution < 1.29 is 9.09 Å². The van der Waals surface area contributed by atoms with Crippen LogP contribution in [0.1, 0.15) is 38.5 Å². The number of hydrogen-bond acceptors (Lipinski definition) is 2. The molecule has 0 amide bonds. The van der Waals surface area contributed by atoms with E-state index in [1.54, 1.807) is 0 Å². The lowest BCUT2D eigenvalue weighted by atomic mass is 9.79. The van der Waals surface area contributed by atoms with E-state index in [9.17, 15) is 4.57 Å². The van der Waals surface area contributed by atoms with Gasteiger partial charge < -0.3 is 4.52 Å². The van der Waals surface area contributed by atoms with Crippen LogP contribution in [0, 0.1) is 5.41 Å². The van der Waals surface area contributed by atoms with Crippen molar-refractivity contribution in [2.75, 3.05) is 7.05 Å². The Morgan fingerprint density at radius 2 is 1.90 bits per heavy atom. The Morgan fingerprint density at radius 3 is 2.65 bits per heavy atom. The summed E-state index contributed by atoms with van der Waals surface area (Å²) in [4.78, 5) is 0. The molecule has 0 bridgehead atoms. The summed E-state index contributed by atoms with van der Waals surface area (Å²) in [6, 6.07) is 10.2. The molecule has 0 aromatic heterocycles. The molecule has 4 heteroatoms. The highest BCUT2D eigenvalue weighted by Crippen LogP contribution is 2.67. The van der Waals surface area contributed by atoms with Gasteiger partial charge in [0.25, 0.3) is 0 Å². The summed E-state index contributed by atoms with van der Waals surface area (Å²) in [7, 11) is -0.855. The predicted octanol–water partition coefficient (Wildman–Crippen LogP) is 3.56. The van der Waals surface area contributed by atoms with E-state index in [1.165, 1.54) is 32.1 Å². The summed E-state index contributed by atoms with van der Waals surface area (Å²) in [6.45, 7) is 0. The maximum absolute atomic E-state index is 13.6. The fourth-order valence-corrected chi connectivity index (χ4v) is 7.37. The molecule has 20 heavy (non-hydrogen) atoms. The molecule has 2 saturated carbocycles. The zero-order valence-electron chi connectivity index (χ0n) is 12.0. The average molecular weight is 291 g/mol. The Morgan fingerprint density at radius 1 is 1.20 bits per heavy atom. The van der Waals surface area contributed by atoms with Crippen molar-refractivity contribution in [3.05, 3.63) is 30.3 Å². The number of rotatable bonds is 1. The average Bonchev–Trinajstić information content (AvgIpc) is 3.07. The lowest BCUT2D eigenvalue weighted by Crippen LogP contribution is -2.52. The van der Waals surface area contributed by atoms with E-state index in [-0.39, 0.29) is 11.5 Å². The first-order valence-corrected chi connectivity index (χ1v) is 9.32. The van der Waals surface area contributed by atoms with E-state index in [2.05, 4.69) is 4.67 Å². The van der Waals surface area contributed by atoms with Crippen LogP contribution >= 0.6 is 7.52 Å².